The second kappa shape index (κ2) is 14.9. The highest BCUT2D eigenvalue weighted by Gasteiger charge is 2.22. The Bertz CT molecular complexity index is 1540. The summed E-state index contributed by atoms with van der Waals surface area (Å²) in [5.41, 5.74) is 3.62. The van der Waals surface area contributed by atoms with Gasteiger partial charge in [0, 0.05) is 32.3 Å². The van der Waals surface area contributed by atoms with Gasteiger partial charge >= 0.3 is 11.9 Å². The summed E-state index contributed by atoms with van der Waals surface area (Å²) >= 11 is 0. The number of benzene rings is 2. The first kappa shape index (κ1) is 31.1. The van der Waals surface area contributed by atoms with Gasteiger partial charge in [-0.15, -0.1) is 0 Å². The van der Waals surface area contributed by atoms with Gasteiger partial charge in [0.2, 0.25) is 5.88 Å². The van der Waals surface area contributed by atoms with Crippen LogP contribution in [0.4, 0.5) is 4.39 Å². The molecule has 4 aromatic rings. The third-order valence-corrected chi connectivity index (χ3v) is 7.27. The third-order valence-electron chi connectivity index (χ3n) is 7.27. The number of rotatable bonds is 9. The zero-order valence-corrected chi connectivity index (χ0v) is 23.8. The number of amides is 1. The van der Waals surface area contributed by atoms with Gasteiger partial charge in [-0.05, 0) is 73.8 Å². The van der Waals surface area contributed by atoms with E-state index in [1.807, 2.05) is 24.3 Å². The van der Waals surface area contributed by atoms with Crippen molar-refractivity contribution in [1.29, 1.82) is 0 Å². The van der Waals surface area contributed by atoms with Crippen LogP contribution in [0.5, 0.6) is 5.88 Å². The van der Waals surface area contributed by atoms with Gasteiger partial charge in [0.15, 0.2) is 0 Å². The predicted octanol–water partition coefficient (Wildman–Crippen LogP) is 3.47. The molecule has 5 rings (SSSR count). The van der Waals surface area contributed by atoms with Gasteiger partial charge in [-0.3, -0.25) is 4.79 Å². The molecule has 0 saturated carbocycles. The van der Waals surface area contributed by atoms with Gasteiger partial charge in [0.1, 0.15) is 17.2 Å². The fourth-order valence-electron chi connectivity index (χ4n) is 5.05. The number of halogens is 1. The number of imidazole rings is 1. The summed E-state index contributed by atoms with van der Waals surface area (Å²) in [6, 6.07) is 18.4. The van der Waals surface area contributed by atoms with E-state index in [0.29, 0.717) is 30.5 Å². The van der Waals surface area contributed by atoms with Gasteiger partial charge < -0.3 is 29.7 Å². The number of hydrogen-bond donors (Lipinski definition) is 3. The maximum Gasteiger partial charge on any atom is 0.414 e. The molecule has 2 aromatic heterocycles. The van der Waals surface area contributed by atoms with Crippen molar-refractivity contribution in [1.82, 2.24) is 24.8 Å². The lowest BCUT2D eigenvalue weighted by atomic mass is 9.93. The average Bonchev–Trinajstić information content (AvgIpc) is 3.35. The Kier molecular flexibility index (Phi) is 10.8. The minimum absolute atomic E-state index is 0.167. The van der Waals surface area contributed by atoms with Crippen molar-refractivity contribution in [3.05, 3.63) is 89.6 Å². The van der Waals surface area contributed by atoms with Crippen molar-refractivity contribution in [3.63, 3.8) is 0 Å². The fraction of sp³-hybridized carbons (Fsp3) is 0.323. The molecule has 3 heterocycles. The first-order chi connectivity index (χ1) is 20.7. The van der Waals surface area contributed by atoms with Gasteiger partial charge in [-0.1, -0.05) is 24.3 Å². The summed E-state index contributed by atoms with van der Waals surface area (Å²) < 4.78 is 20.9. The maximum absolute atomic E-state index is 13.4. The number of fused-ring (bicyclic) bond motifs is 1. The molecule has 2 aromatic carbocycles. The van der Waals surface area contributed by atoms with E-state index in [-0.39, 0.29) is 11.7 Å². The summed E-state index contributed by atoms with van der Waals surface area (Å²) in [5.74, 6) is -2.06. The molecule has 0 spiro atoms. The van der Waals surface area contributed by atoms with Crippen molar-refractivity contribution < 1.29 is 33.7 Å². The van der Waals surface area contributed by atoms with E-state index in [9.17, 15) is 9.18 Å². The Morgan fingerprint density at radius 2 is 1.70 bits per heavy atom. The monoisotopic (exact) mass is 591 g/mol. The molecule has 226 valence electrons. The molecule has 0 bridgehead atoms. The summed E-state index contributed by atoms with van der Waals surface area (Å²) in [6.07, 6.45) is 4.70. The van der Waals surface area contributed by atoms with Crippen molar-refractivity contribution in [2.24, 2.45) is 5.92 Å². The molecule has 0 aliphatic carbocycles. The number of hydrogen-bond acceptors (Lipinski definition) is 7. The molecule has 3 N–H and O–H groups in total. The molecule has 11 nitrogen and oxygen atoms in total. The zero-order valence-electron chi connectivity index (χ0n) is 23.8. The predicted molar refractivity (Wildman–Crippen MR) is 156 cm³/mol. The molecular weight excluding hydrogens is 557 g/mol. The van der Waals surface area contributed by atoms with E-state index in [2.05, 4.69) is 31.9 Å². The topological polar surface area (TPSA) is 147 Å². The number of piperidine rings is 1. The van der Waals surface area contributed by atoms with Crippen LogP contribution in [0.15, 0.2) is 66.9 Å². The number of carbonyl (C=O) groups excluding carboxylic acids is 1. The van der Waals surface area contributed by atoms with Gasteiger partial charge in [-0.25, -0.2) is 23.9 Å². The highest BCUT2D eigenvalue weighted by molar-refractivity contribution is 6.27. The quantitative estimate of drug-likeness (QED) is 0.249. The molecule has 1 saturated heterocycles. The molecule has 1 aliphatic rings. The van der Waals surface area contributed by atoms with Gasteiger partial charge in [-0.2, -0.15) is 0 Å². The van der Waals surface area contributed by atoms with Crippen LogP contribution in [-0.4, -0.2) is 80.8 Å². The normalized spacial score (nSPS) is 13.6. The summed E-state index contributed by atoms with van der Waals surface area (Å²) in [5, 5.41) is 17.8. The number of pyridine rings is 1. The number of carboxylic acids is 2. The van der Waals surface area contributed by atoms with Crippen LogP contribution in [0.2, 0.25) is 0 Å². The fourth-order valence-corrected chi connectivity index (χ4v) is 5.05. The lowest BCUT2D eigenvalue weighted by molar-refractivity contribution is -0.159. The maximum atomic E-state index is 13.4. The summed E-state index contributed by atoms with van der Waals surface area (Å²) in [4.78, 5) is 42.2. The number of nitrogens with zero attached hydrogens (tertiary/aromatic N) is 4. The highest BCUT2D eigenvalue weighted by atomic mass is 19.1. The van der Waals surface area contributed by atoms with Crippen LogP contribution in [0.1, 0.15) is 34.6 Å². The Morgan fingerprint density at radius 1 is 1.00 bits per heavy atom. The van der Waals surface area contributed by atoms with Crippen LogP contribution in [-0.2, 0) is 22.6 Å². The SMILES string of the molecule is COc1ncccc1C(=O)NCCN1CCC(Cc2nc3ccccc3n2Cc2ccc(F)cc2)CC1.O=C(O)C(=O)O. The molecular formula is C31H34FN5O6. The number of carboxylic acid groups (broad SMARTS) is 2. The molecule has 0 atom stereocenters. The molecule has 12 heteroatoms. The number of likely N-dealkylation sites (tertiary alicyclic amines) is 1. The van der Waals surface area contributed by atoms with Crippen LogP contribution >= 0.6 is 0 Å². The van der Waals surface area contributed by atoms with E-state index < -0.39 is 11.9 Å². The second-order valence-electron chi connectivity index (χ2n) is 10.1. The Labute approximate surface area is 247 Å². The first-order valence-corrected chi connectivity index (χ1v) is 13.9. The number of aromatic nitrogens is 3. The molecule has 1 aliphatic heterocycles. The van der Waals surface area contributed by atoms with Crippen LogP contribution in [0.3, 0.4) is 0 Å². The van der Waals surface area contributed by atoms with Gasteiger partial charge in [0.25, 0.3) is 5.91 Å². The third kappa shape index (κ3) is 8.58. The van der Waals surface area contributed by atoms with Crippen LogP contribution in [0.25, 0.3) is 11.0 Å². The second-order valence-corrected chi connectivity index (χ2v) is 10.1. The minimum atomic E-state index is -1.82. The Balaban J connectivity index is 0.000000641. The molecule has 1 amide bonds. The minimum Gasteiger partial charge on any atom is -0.480 e. The van der Waals surface area contributed by atoms with E-state index in [1.165, 1.54) is 19.2 Å². The van der Waals surface area contributed by atoms with E-state index >= 15 is 0 Å². The number of aliphatic carboxylic acids is 2. The van der Waals surface area contributed by atoms with Gasteiger partial charge in [0.05, 0.1) is 18.1 Å². The van der Waals surface area contributed by atoms with Crippen molar-refractivity contribution >= 4 is 28.9 Å². The molecule has 0 unspecified atom stereocenters. The van der Waals surface area contributed by atoms with Crippen LogP contribution in [0, 0.1) is 11.7 Å². The van der Waals surface area contributed by atoms with Crippen LogP contribution < -0.4 is 10.1 Å². The summed E-state index contributed by atoms with van der Waals surface area (Å²) in [6.45, 7) is 4.05. The number of carbonyl (C=O) groups is 3. The Morgan fingerprint density at radius 3 is 2.37 bits per heavy atom. The number of nitrogens with one attached hydrogen (secondary N) is 1. The molecule has 1 fully saturated rings. The lowest BCUT2D eigenvalue weighted by Gasteiger charge is -2.32. The standard InChI is InChI=1S/C29H32FN5O2.C2H2O4/c1-37-29-24(5-4-14-32-29)28(36)31-15-18-34-16-12-21(13-17-34)19-27-33-25-6-2-3-7-26(25)35(27)20-22-8-10-23(30)11-9-22;3-1(4)2(5)6/h2-11,14,21H,12-13,15-20H2,1H3,(H,31,36);(H,3,4)(H,5,6). The zero-order chi connectivity index (χ0) is 30.8. The smallest absolute Gasteiger partial charge is 0.414 e. The largest absolute Gasteiger partial charge is 0.480 e. The molecule has 43 heavy (non-hydrogen) atoms. The van der Waals surface area contributed by atoms with Crippen molar-refractivity contribution in [2.75, 3.05) is 33.3 Å². The number of para-hydroxylation sites is 2. The number of ether oxygens (including phenoxy) is 1. The average molecular weight is 592 g/mol. The highest BCUT2D eigenvalue weighted by Crippen LogP contribution is 2.25. The lowest BCUT2D eigenvalue weighted by Crippen LogP contribution is -2.40. The molecule has 0 radical (unpaired) electrons. The van der Waals surface area contributed by atoms with Crippen molar-refractivity contribution in [3.8, 4) is 5.88 Å². The first-order valence-electron chi connectivity index (χ1n) is 13.9. The van der Waals surface area contributed by atoms with E-state index in [0.717, 1.165) is 61.3 Å². The van der Waals surface area contributed by atoms with E-state index in [1.54, 1.807) is 18.3 Å². The van der Waals surface area contributed by atoms with E-state index in [4.69, 9.17) is 29.5 Å². The number of methoxy groups -OCH3 is 1. The Hall–Kier alpha value is -4.84. The summed E-state index contributed by atoms with van der Waals surface area (Å²) in [7, 11) is 1.51. The van der Waals surface area contributed by atoms with Crippen molar-refractivity contribution in [2.45, 2.75) is 25.8 Å².